The molecule has 1 fully saturated rings. The van der Waals surface area contributed by atoms with Crippen LogP contribution in [-0.4, -0.2) is 80.8 Å². The van der Waals surface area contributed by atoms with E-state index in [4.69, 9.17) is 14.2 Å². The molecule has 2 aliphatic rings. The van der Waals surface area contributed by atoms with Crippen molar-refractivity contribution in [2.45, 2.75) is 69.5 Å². The zero-order chi connectivity index (χ0) is 36.9. The minimum Gasteiger partial charge on any atom is -0.497 e. The fraction of sp³-hybridized carbons (Fsp3) is 0.447. The SMILES string of the molecule is COC(=O)CCCCN1C(=O)[C@@]2(O[C@@H](CC(=O)N(CCO)Cc3ccccc3)[C@H]([Si](C)(C)c3ccc(OC)cc3)[C@H]2C)c2cc([N+](=O)[O-])ccc21. The Morgan fingerprint density at radius 2 is 1.76 bits per heavy atom. The first kappa shape index (κ1) is 37.7. The average Bonchev–Trinajstić information content (AvgIpc) is 3.55. The number of anilines is 1. The van der Waals surface area contributed by atoms with Gasteiger partial charge in [0.25, 0.3) is 11.6 Å². The van der Waals surface area contributed by atoms with Gasteiger partial charge in [-0.3, -0.25) is 24.5 Å². The molecule has 0 saturated carbocycles. The lowest BCUT2D eigenvalue weighted by Gasteiger charge is -2.37. The van der Waals surface area contributed by atoms with Crippen LogP contribution in [0.15, 0.2) is 72.8 Å². The molecule has 12 nitrogen and oxygen atoms in total. The lowest BCUT2D eigenvalue weighted by atomic mass is 9.82. The lowest BCUT2D eigenvalue weighted by Crippen LogP contribution is -2.52. The summed E-state index contributed by atoms with van der Waals surface area (Å²) >= 11 is 0. The van der Waals surface area contributed by atoms with Crippen LogP contribution >= 0.6 is 0 Å². The van der Waals surface area contributed by atoms with Gasteiger partial charge in [-0.2, -0.15) is 0 Å². The second kappa shape index (κ2) is 15.7. The quantitative estimate of drug-likeness (QED) is 0.0761. The number of carbonyl (C=O) groups excluding carboxylic acids is 3. The number of fused-ring (bicyclic) bond motifs is 2. The third-order valence-corrected chi connectivity index (χ3v) is 14.9. The van der Waals surface area contributed by atoms with Gasteiger partial charge in [0, 0.05) is 49.7 Å². The Labute approximate surface area is 299 Å². The number of aliphatic hydroxyl groups is 1. The normalized spacial score (nSPS) is 21.1. The maximum atomic E-state index is 14.9. The van der Waals surface area contributed by atoms with Gasteiger partial charge < -0.3 is 29.1 Å². The van der Waals surface area contributed by atoms with Crippen LogP contribution in [0.2, 0.25) is 18.6 Å². The van der Waals surface area contributed by atoms with Crippen molar-refractivity contribution in [3.8, 4) is 5.75 Å². The van der Waals surface area contributed by atoms with Gasteiger partial charge in [0.05, 0.1) is 52.0 Å². The number of carbonyl (C=O) groups is 3. The molecule has 5 rings (SSSR count). The van der Waals surface area contributed by atoms with Crippen molar-refractivity contribution in [3.63, 3.8) is 0 Å². The molecule has 0 aromatic heterocycles. The van der Waals surface area contributed by atoms with Crippen LogP contribution in [-0.2, 0) is 36.0 Å². The summed E-state index contributed by atoms with van der Waals surface area (Å²) in [5, 5.41) is 23.1. The Morgan fingerprint density at radius 3 is 2.39 bits per heavy atom. The molecule has 1 saturated heterocycles. The van der Waals surface area contributed by atoms with Crippen LogP contribution in [0.4, 0.5) is 11.4 Å². The molecule has 1 spiro atoms. The number of rotatable bonds is 15. The number of amides is 2. The second-order valence-electron chi connectivity index (χ2n) is 13.8. The maximum absolute atomic E-state index is 14.9. The minimum absolute atomic E-state index is 0.0488. The molecule has 2 amide bonds. The van der Waals surface area contributed by atoms with E-state index in [1.54, 1.807) is 23.0 Å². The summed E-state index contributed by atoms with van der Waals surface area (Å²) in [6, 6.07) is 21.8. The number of hydrogen-bond acceptors (Lipinski definition) is 9. The number of non-ortho nitro benzene ring substituents is 1. The van der Waals surface area contributed by atoms with E-state index < -0.39 is 30.6 Å². The van der Waals surface area contributed by atoms with E-state index in [9.17, 15) is 29.6 Å². The molecule has 272 valence electrons. The number of hydrogen-bond donors (Lipinski definition) is 1. The van der Waals surface area contributed by atoms with E-state index in [1.165, 1.54) is 19.2 Å². The highest BCUT2D eigenvalue weighted by atomic mass is 28.3. The molecule has 3 aromatic rings. The summed E-state index contributed by atoms with van der Waals surface area (Å²) < 4.78 is 17.2. The van der Waals surface area contributed by atoms with Gasteiger partial charge in [0.2, 0.25) is 5.91 Å². The molecule has 2 heterocycles. The number of benzene rings is 3. The smallest absolute Gasteiger partial charge is 0.305 e. The molecular weight excluding hydrogens is 671 g/mol. The highest BCUT2D eigenvalue weighted by Gasteiger charge is 2.66. The van der Waals surface area contributed by atoms with E-state index in [2.05, 4.69) is 13.1 Å². The molecule has 2 aliphatic heterocycles. The van der Waals surface area contributed by atoms with E-state index in [0.29, 0.717) is 36.4 Å². The van der Waals surface area contributed by atoms with Crippen LogP contribution in [0, 0.1) is 16.0 Å². The summed E-state index contributed by atoms with van der Waals surface area (Å²) in [5.41, 5.74) is -0.177. The van der Waals surface area contributed by atoms with E-state index in [1.807, 2.05) is 61.5 Å². The molecular formula is C38H47N3O9Si. The van der Waals surface area contributed by atoms with Crippen LogP contribution in [0.3, 0.4) is 0 Å². The van der Waals surface area contributed by atoms with Crippen molar-refractivity contribution in [3.05, 3.63) is 94.0 Å². The molecule has 13 heteroatoms. The summed E-state index contributed by atoms with van der Waals surface area (Å²) in [5.74, 6) is -0.673. The van der Waals surface area contributed by atoms with Crippen LogP contribution in [0.25, 0.3) is 0 Å². The van der Waals surface area contributed by atoms with Crippen molar-refractivity contribution in [2.75, 3.05) is 38.8 Å². The predicted molar refractivity (Wildman–Crippen MR) is 194 cm³/mol. The average molecular weight is 718 g/mol. The van der Waals surface area contributed by atoms with Crippen LogP contribution in [0.1, 0.15) is 43.7 Å². The lowest BCUT2D eigenvalue weighted by molar-refractivity contribution is -0.385. The van der Waals surface area contributed by atoms with Gasteiger partial charge in [0.1, 0.15) is 5.75 Å². The minimum atomic E-state index is -2.61. The maximum Gasteiger partial charge on any atom is 0.305 e. The Balaban J connectivity index is 1.58. The van der Waals surface area contributed by atoms with Crippen molar-refractivity contribution in [1.29, 1.82) is 0 Å². The molecule has 51 heavy (non-hydrogen) atoms. The van der Waals surface area contributed by atoms with Gasteiger partial charge in [-0.25, -0.2) is 0 Å². The fourth-order valence-electron chi connectivity index (χ4n) is 8.00. The number of nitro benzene ring substituents is 1. The van der Waals surface area contributed by atoms with Gasteiger partial charge in [0.15, 0.2) is 5.60 Å². The molecule has 0 radical (unpaired) electrons. The summed E-state index contributed by atoms with van der Waals surface area (Å²) in [6.45, 7) is 6.83. The van der Waals surface area contributed by atoms with Gasteiger partial charge in [-0.15, -0.1) is 0 Å². The monoisotopic (exact) mass is 717 g/mol. The largest absolute Gasteiger partial charge is 0.497 e. The molecule has 1 N–H and O–H groups in total. The highest BCUT2D eigenvalue weighted by molar-refractivity contribution is 6.91. The number of esters is 1. The third-order valence-electron chi connectivity index (χ3n) is 10.6. The first-order valence-electron chi connectivity index (χ1n) is 17.3. The molecule has 0 unspecified atom stereocenters. The zero-order valence-corrected chi connectivity index (χ0v) is 30.9. The van der Waals surface area contributed by atoms with Crippen LogP contribution in [0.5, 0.6) is 5.75 Å². The molecule has 0 bridgehead atoms. The second-order valence-corrected chi connectivity index (χ2v) is 18.5. The highest BCUT2D eigenvalue weighted by Crippen LogP contribution is 2.60. The zero-order valence-electron chi connectivity index (χ0n) is 29.9. The topological polar surface area (TPSA) is 149 Å². The van der Waals surface area contributed by atoms with Crippen molar-refractivity contribution < 1.29 is 38.6 Å². The van der Waals surface area contributed by atoms with Crippen molar-refractivity contribution >= 4 is 42.4 Å². The summed E-state index contributed by atoms with van der Waals surface area (Å²) in [4.78, 5) is 55.6. The number of nitro groups is 1. The molecule has 3 aromatic carbocycles. The molecule has 4 atom stereocenters. The van der Waals surface area contributed by atoms with Gasteiger partial charge >= 0.3 is 5.97 Å². The van der Waals surface area contributed by atoms with Gasteiger partial charge in [-0.05, 0) is 42.1 Å². The summed E-state index contributed by atoms with van der Waals surface area (Å²) in [6.07, 6.45) is 0.414. The third kappa shape index (κ3) is 7.42. The number of aliphatic hydroxyl groups excluding tert-OH is 1. The Morgan fingerprint density at radius 1 is 1.06 bits per heavy atom. The molecule has 0 aliphatic carbocycles. The number of unbranched alkanes of at least 4 members (excludes halogenated alkanes) is 1. The summed E-state index contributed by atoms with van der Waals surface area (Å²) in [7, 11) is 0.326. The Bertz CT molecular complexity index is 1740. The first-order valence-corrected chi connectivity index (χ1v) is 20.4. The van der Waals surface area contributed by atoms with E-state index in [0.717, 1.165) is 10.8 Å². The standard InChI is InChI=1S/C38H47N3O9Si/c1-26-36(51(4,5)30-17-15-29(48-2)16-18-30)33(24-34(43)39(21-22-42)25-27-11-7-6-8-12-27)50-38(26)31-23-28(41(46)47)14-19-32(31)40(37(38)45)20-10-9-13-35(44)49-3/h6-8,11-12,14-19,23,26,33,36,42H,9-10,13,20-22,24-25H2,1-5H3/t26-,33+,36-,38+/m1/s1. The van der Waals surface area contributed by atoms with Gasteiger partial charge in [-0.1, -0.05) is 67.7 Å². The van der Waals surface area contributed by atoms with Crippen molar-refractivity contribution in [1.82, 2.24) is 4.90 Å². The Hall–Kier alpha value is -4.59. The number of nitrogens with zero attached hydrogens (tertiary/aromatic N) is 3. The number of ether oxygens (including phenoxy) is 3. The number of methoxy groups -OCH3 is 2. The van der Waals surface area contributed by atoms with Crippen LogP contribution < -0.4 is 14.8 Å². The van der Waals surface area contributed by atoms with E-state index >= 15 is 0 Å². The fourth-order valence-corrected chi connectivity index (χ4v) is 12.0. The van der Waals surface area contributed by atoms with Crippen molar-refractivity contribution in [2.24, 2.45) is 5.92 Å². The van der Waals surface area contributed by atoms with E-state index in [-0.39, 0.29) is 61.6 Å². The first-order chi connectivity index (χ1) is 24.4. The predicted octanol–water partition coefficient (Wildman–Crippen LogP) is 4.92. The Kier molecular flexibility index (Phi) is 11.6.